The van der Waals surface area contributed by atoms with E-state index >= 15 is 0 Å². The van der Waals surface area contributed by atoms with Gasteiger partial charge in [-0.2, -0.15) is 4.99 Å². The number of hydrogen-bond acceptors (Lipinski definition) is 17. The molecule has 0 radical (unpaired) electrons. The van der Waals surface area contributed by atoms with Gasteiger partial charge in [0.25, 0.3) is 5.91 Å². The molecule has 0 unspecified atom stereocenters. The summed E-state index contributed by atoms with van der Waals surface area (Å²) in [4.78, 5) is 72.2. The molecule has 6 heterocycles. The van der Waals surface area contributed by atoms with E-state index in [1.54, 1.807) is 38.2 Å². The number of nitrogen functional groups attached to an aromatic ring is 1. The van der Waals surface area contributed by atoms with Crippen molar-refractivity contribution in [1.82, 2.24) is 34.0 Å². The molecule has 0 bridgehead atoms. The number of oxazole rings is 2. The van der Waals surface area contributed by atoms with Gasteiger partial charge in [0, 0.05) is 52.1 Å². The monoisotopic (exact) mass is 888 g/mol. The Bertz CT molecular complexity index is 2560. The van der Waals surface area contributed by atoms with Crippen LogP contribution in [0.25, 0.3) is 21.4 Å². The average Bonchev–Trinajstić information content (AvgIpc) is 4.08. The van der Waals surface area contributed by atoms with Crippen molar-refractivity contribution in [2.45, 2.75) is 60.0 Å². The highest BCUT2D eigenvalue weighted by Gasteiger charge is 2.23. The molecule has 1 aliphatic rings. The van der Waals surface area contributed by atoms with Crippen LogP contribution in [0.4, 0.5) is 11.6 Å². The van der Waals surface area contributed by atoms with Gasteiger partial charge in [0.2, 0.25) is 17.5 Å². The van der Waals surface area contributed by atoms with Crippen LogP contribution in [0.3, 0.4) is 0 Å². The second kappa shape index (κ2) is 24.3. The Morgan fingerprint density at radius 1 is 0.937 bits per heavy atom. The quantitative estimate of drug-likeness (QED) is 0.0647. The predicted molar refractivity (Wildman–Crippen MR) is 240 cm³/mol. The van der Waals surface area contributed by atoms with Crippen LogP contribution in [-0.2, 0) is 35.5 Å². The first-order chi connectivity index (χ1) is 30.6. The summed E-state index contributed by atoms with van der Waals surface area (Å²) in [6, 6.07) is 5.13. The first-order valence-electron chi connectivity index (χ1n) is 20.2. The van der Waals surface area contributed by atoms with Crippen LogP contribution in [0, 0.1) is 13.8 Å². The molecule has 21 heteroatoms. The third kappa shape index (κ3) is 12.2. The summed E-state index contributed by atoms with van der Waals surface area (Å²) in [5, 5.41) is 2.91. The van der Waals surface area contributed by atoms with Crippen molar-refractivity contribution in [3.05, 3.63) is 81.6 Å². The number of allylic oxidation sites excluding steroid dienone is 2. The second-order valence-electron chi connectivity index (χ2n) is 13.4. The standard InChI is InChI=1S/C39H44N10O7S.2CH5N.CH2O/c1-5-27-33(55-23(3)42-27)36(51)45-38-44-29-18-25(22-50)19-30(54-15-9-10-47-13-16-53-17-14-47)32(29)48(38)11-7-8-12-49-35-31(20-26(40)21-41-35)57-39(49)46-37(52)34-28(6-2)43-24(4)56-34;3*1-2/h7-8,18-22H,5-6,9-17,40H2,1-4H3,(H,44,45,51);2*2H2,1H3;1H2/b8-7+,46-39?;;;. The van der Waals surface area contributed by atoms with E-state index in [4.69, 9.17) is 33.8 Å². The molecule has 7 rings (SSSR count). The maximum Gasteiger partial charge on any atom is 0.317 e. The number of anilines is 2. The summed E-state index contributed by atoms with van der Waals surface area (Å²) >= 11 is 1.28. The van der Waals surface area contributed by atoms with E-state index in [1.165, 1.54) is 25.4 Å². The number of thiazole rings is 1. The van der Waals surface area contributed by atoms with Gasteiger partial charge >= 0.3 is 5.91 Å². The van der Waals surface area contributed by atoms with Crippen molar-refractivity contribution in [2.75, 3.05) is 64.6 Å². The fourth-order valence-corrected chi connectivity index (χ4v) is 7.68. The number of ether oxygens (including phenoxy) is 2. The average molecular weight is 889 g/mol. The molecule has 2 amide bonds. The highest BCUT2D eigenvalue weighted by molar-refractivity contribution is 7.16. The number of carbonyl (C=O) groups excluding carboxylic acids is 4. The highest BCUT2D eigenvalue weighted by atomic mass is 32.1. The minimum Gasteiger partial charge on any atom is -0.491 e. The Kier molecular flexibility index (Phi) is 19.0. The lowest BCUT2D eigenvalue weighted by molar-refractivity contribution is -0.0980. The predicted octanol–water partition coefficient (Wildman–Crippen LogP) is 3.88. The number of nitrogens with zero attached hydrogens (tertiary/aromatic N) is 8. The molecule has 0 atom stereocenters. The van der Waals surface area contributed by atoms with Crippen LogP contribution in [-0.4, -0.2) is 112 Å². The lowest BCUT2D eigenvalue weighted by Gasteiger charge is -2.26. The third-order valence-electron chi connectivity index (χ3n) is 9.33. The molecule has 7 N–H and O–H groups in total. The molecule has 5 aromatic heterocycles. The van der Waals surface area contributed by atoms with Gasteiger partial charge in [-0.1, -0.05) is 37.3 Å². The van der Waals surface area contributed by atoms with E-state index < -0.39 is 11.8 Å². The maximum absolute atomic E-state index is 13.6. The minimum absolute atomic E-state index is 0.101. The Morgan fingerprint density at radius 3 is 2.22 bits per heavy atom. The number of imidazole rings is 1. The SMILES string of the molecule is C=O.CCc1nc(C)oc1C(=O)N=c1sc2cc(N)cnc2n1C/C=C/Cn1c(NC(=O)c2oc(C)nc2CC)nc2cc(C=O)cc(OCCCN3CCOCC3)c21.CN.CN. The van der Waals surface area contributed by atoms with Crippen LogP contribution in [0.1, 0.15) is 74.9 Å². The summed E-state index contributed by atoms with van der Waals surface area (Å²) in [5.41, 5.74) is 18.6. The number of hydrogen-bond donors (Lipinski definition) is 4. The Hall–Kier alpha value is -6.39. The number of carbonyl (C=O) groups is 4. The molecule has 1 saturated heterocycles. The number of pyridine rings is 1. The van der Waals surface area contributed by atoms with Gasteiger partial charge in [-0.3, -0.25) is 29.2 Å². The lowest BCUT2D eigenvalue weighted by atomic mass is 10.2. The number of amides is 2. The van der Waals surface area contributed by atoms with Gasteiger partial charge in [-0.15, -0.1) is 0 Å². The Morgan fingerprint density at radius 2 is 1.57 bits per heavy atom. The Labute approximate surface area is 368 Å². The largest absolute Gasteiger partial charge is 0.491 e. The van der Waals surface area contributed by atoms with E-state index in [0.717, 1.165) is 37.0 Å². The fraction of sp³-hybridized carbons (Fsp3) is 0.405. The van der Waals surface area contributed by atoms with Crippen molar-refractivity contribution >= 4 is 69.2 Å². The molecule has 6 aromatic rings. The van der Waals surface area contributed by atoms with Crippen molar-refractivity contribution in [2.24, 2.45) is 16.5 Å². The van der Waals surface area contributed by atoms with Gasteiger partial charge in [-0.25, -0.2) is 19.9 Å². The number of nitrogens with two attached hydrogens (primary N) is 3. The number of benzene rings is 1. The number of fused-ring (bicyclic) bond motifs is 2. The van der Waals surface area contributed by atoms with E-state index in [-0.39, 0.29) is 30.6 Å². The van der Waals surface area contributed by atoms with Gasteiger partial charge in [-0.05, 0) is 51.6 Å². The number of rotatable bonds is 15. The zero-order valence-corrected chi connectivity index (χ0v) is 37.3. The van der Waals surface area contributed by atoms with E-state index in [2.05, 4.69) is 41.6 Å². The van der Waals surface area contributed by atoms with Crippen molar-refractivity contribution in [1.29, 1.82) is 0 Å². The van der Waals surface area contributed by atoms with Gasteiger partial charge < -0.3 is 44.9 Å². The lowest BCUT2D eigenvalue weighted by Crippen LogP contribution is -2.37. The van der Waals surface area contributed by atoms with E-state index in [9.17, 15) is 14.4 Å². The molecule has 0 aliphatic carbocycles. The summed E-state index contributed by atoms with van der Waals surface area (Å²) in [6.07, 6.45) is 7.87. The molecular weight excluding hydrogens is 833 g/mol. The van der Waals surface area contributed by atoms with Crippen LogP contribution >= 0.6 is 11.3 Å². The molecule has 20 nitrogen and oxygen atoms in total. The van der Waals surface area contributed by atoms with Crippen molar-refractivity contribution in [3.8, 4) is 5.75 Å². The first kappa shape index (κ1) is 49.3. The third-order valence-corrected chi connectivity index (χ3v) is 10.3. The molecule has 338 valence electrons. The molecule has 1 fully saturated rings. The summed E-state index contributed by atoms with van der Waals surface area (Å²) in [5.74, 6) is 0.592. The van der Waals surface area contributed by atoms with Crippen LogP contribution in [0.2, 0.25) is 0 Å². The second-order valence-corrected chi connectivity index (χ2v) is 14.4. The zero-order chi connectivity index (χ0) is 46.1. The number of nitrogens with one attached hydrogen (secondary N) is 1. The van der Waals surface area contributed by atoms with E-state index in [1.807, 2.05) is 41.9 Å². The zero-order valence-electron chi connectivity index (χ0n) is 36.5. The van der Waals surface area contributed by atoms with Crippen molar-refractivity contribution < 1.29 is 37.5 Å². The van der Waals surface area contributed by atoms with Crippen LogP contribution in [0.5, 0.6) is 5.75 Å². The summed E-state index contributed by atoms with van der Waals surface area (Å²) < 4.78 is 27.5. The van der Waals surface area contributed by atoms with Crippen molar-refractivity contribution in [3.63, 3.8) is 0 Å². The number of aryl methyl sites for hydroxylation is 4. The van der Waals surface area contributed by atoms with Gasteiger partial charge in [0.1, 0.15) is 24.3 Å². The Balaban J connectivity index is 0.00000139. The molecule has 1 aromatic carbocycles. The smallest absolute Gasteiger partial charge is 0.317 e. The van der Waals surface area contributed by atoms with Crippen LogP contribution < -0.4 is 32.1 Å². The maximum atomic E-state index is 13.6. The number of morpholine rings is 1. The molecular formula is C42H56N12O8S. The molecule has 0 saturated carbocycles. The number of aldehydes is 1. The van der Waals surface area contributed by atoms with Crippen LogP contribution in [0.15, 0.2) is 50.4 Å². The fourth-order valence-electron chi connectivity index (χ4n) is 6.64. The molecule has 63 heavy (non-hydrogen) atoms. The van der Waals surface area contributed by atoms with Gasteiger partial charge in [0.05, 0.1) is 53.3 Å². The number of aromatic nitrogens is 6. The summed E-state index contributed by atoms with van der Waals surface area (Å²) in [7, 11) is 3.00. The highest BCUT2D eigenvalue weighted by Crippen LogP contribution is 2.31. The molecule has 1 aliphatic heterocycles. The topological polar surface area (TPSA) is 280 Å². The van der Waals surface area contributed by atoms with E-state index in [0.29, 0.717) is 94.3 Å². The first-order valence-corrected chi connectivity index (χ1v) is 21.1. The molecule has 0 spiro atoms. The normalized spacial score (nSPS) is 12.9. The minimum atomic E-state index is -0.546. The summed E-state index contributed by atoms with van der Waals surface area (Å²) in [6.45, 7) is 14.1. The van der Waals surface area contributed by atoms with Gasteiger partial charge in [0.15, 0.2) is 22.2 Å².